The van der Waals surface area contributed by atoms with Crippen molar-refractivity contribution in [2.24, 2.45) is 10.9 Å². The Balaban J connectivity index is 0.848. The van der Waals surface area contributed by atoms with Crippen LogP contribution in [0.15, 0.2) is 89.3 Å². The van der Waals surface area contributed by atoms with Crippen LogP contribution in [0.25, 0.3) is 16.9 Å². The molecule has 8 rings (SSSR count). The molecule has 0 spiro atoms. The van der Waals surface area contributed by atoms with Crippen molar-refractivity contribution < 1.29 is 14.7 Å². The van der Waals surface area contributed by atoms with Gasteiger partial charge in [0.15, 0.2) is 11.5 Å². The molecule has 16 heteroatoms. The second kappa shape index (κ2) is 17.9. The number of urea groups is 1. The minimum Gasteiger partial charge on any atom is -0.387 e. The number of aliphatic imine (C=N–C) groups is 1. The summed E-state index contributed by atoms with van der Waals surface area (Å²) in [4.78, 5) is 62.7. The number of likely N-dealkylation sites (tertiary alicyclic amines) is 1. The highest BCUT2D eigenvalue weighted by Crippen LogP contribution is 2.33. The SMILES string of the molecule is C=CCn1c(=O)c2cnc(Nc3ccc(C4CCN(CC5CCN(c6ccc(/C(=N\C)N7CCC(=O)NC7=O)c(NC)c6)CC5)CC4)cc3)nc2n1-c1cccc(C(C)(C)O)n1. The van der Waals surface area contributed by atoms with Crippen LogP contribution in [0.4, 0.5) is 27.8 Å². The first-order chi connectivity index (χ1) is 29.9. The van der Waals surface area contributed by atoms with Crippen molar-refractivity contribution in [1.29, 1.82) is 0 Å². The first-order valence-electron chi connectivity index (χ1n) is 21.5. The van der Waals surface area contributed by atoms with E-state index in [1.807, 2.05) is 13.1 Å². The number of pyridine rings is 1. The summed E-state index contributed by atoms with van der Waals surface area (Å²) in [6.07, 6.45) is 7.94. The maximum absolute atomic E-state index is 13.4. The van der Waals surface area contributed by atoms with Crippen LogP contribution in [0.2, 0.25) is 0 Å². The van der Waals surface area contributed by atoms with Gasteiger partial charge in [-0.05, 0) is 112 Å². The number of rotatable bonds is 12. The quantitative estimate of drug-likeness (QED) is 0.0700. The molecule has 0 aliphatic carbocycles. The molecule has 0 atom stereocenters. The maximum atomic E-state index is 13.4. The lowest BCUT2D eigenvalue weighted by atomic mass is 9.88. The molecule has 0 saturated carbocycles. The molecule has 0 bridgehead atoms. The molecule has 3 aliphatic rings. The second-order valence-corrected chi connectivity index (χ2v) is 16.9. The number of fused-ring (bicyclic) bond motifs is 1. The van der Waals surface area contributed by atoms with E-state index >= 15 is 0 Å². The number of benzene rings is 2. The van der Waals surface area contributed by atoms with Gasteiger partial charge in [0.1, 0.15) is 16.8 Å². The molecular formula is C46H56N12O4. The number of imide groups is 1. The number of carbonyl (C=O) groups is 2. The van der Waals surface area contributed by atoms with E-state index in [1.165, 1.54) is 21.3 Å². The molecule has 3 aromatic heterocycles. The lowest BCUT2D eigenvalue weighted by Gasteiger charge is -2.38. The van der Waals surface area contributed by atoms with E-state index in [-0.39, 0.29) is 24.4 Å². The summed E-state index contributed by atoms with van der Waals surface area (Å²) in [5.41, 5.74) is 4.50. The van der Waals surface area contributed by atoms with Crippen LogP contribution in [0.3, 0.4) is 0 Å². The fourth-order valence-corrected chi connectivity index (χ4v) is 8.93. The minimum atomic E-state index is -1.17. The molecule has 3 aliphatic heterocycles. The minimum absolute atomic E-state index is 0.245. The van der Waals surface area contributed by atoms with E-state index in [0.717, 1.165) is 81.0 Å². The van der Waals surface area contributed by atoms with Crippen molar-refractivity contribution in [2.45, 2.75) is 64.0 Å². The van der Waals surface area contributed by atoms with Gasteiger partial charge in [0.25, 0.3) is 5.56 Å². The van der Waals surface area contributed by atoms with Crippen molar-refractivity contribution in [2.75, 3.05) is 68.9 Å². The van der Waals surface area contributed by atoms with E-state index in [9.17, 15) is 19.5 Å². The summed E-state index contributed by atoms with van der Waals surface area (Å²) >= 11 is 0. The van der Waals surface area contributed by atoms with Crippen molar-refractivity contribution in [3.05, 3.63) is 107 Å². The largest absolute Gasteiger partial charge is 0.387 e. The van der Waals surface area contributed by atoms with Crippen molar-refractivity contribution >= 4 is 51.8 Å². The summed E-state index contributed by atoms with van der Waals surface area (Å²) < 4.78 is 3.18. The second-order valence-electron chi connectivity index (χ2n) is 16.9. The molecule has 3 amide bonds. The summed E-state index contributed by atoms with van der Waals surface area (Å²) in [5.74, 6) is 2.24. The Bertz CT molecular complexity index is 2540. The number of amidine groups is 1. The van der Waals surface area contributed by atoms with Crippen molar-refractivity contribution in [3.8, 4) is 5.82 Å². The van der Waals surface area contributed by atoms with Crippen LogP contribution in [0, 0.1) is 5.92 Å². The molecule has 3 fully saturated rings. The van der Waals surface area contributed by atoms with Gasteiger partial charge in [0.2, 0.25) is 11.9 Å². The van der Waals surface area contributed by atoms with Crippen LogP contribution in [-0.4, -0.2) is 110 Å². The maximum Gasteiger partial charge on any atom is 0.329 e. The normalized spacial score (nSPS) is 17.4. The Morgan fingerprint density at radius 2 is 1.74 bits per heavy atom. The molecule has 3 saturated heterocycles. The molecule has 324 valence electrons. The number of hydrogen-bond donors (Lipinski definition) is 4. The first-order valence-corrected chi connectivity index (χ1v) is 21.5. The molecule has 62 heavy (non-hydrogen) atoms. The Hall–Kier alpha value is -6.39. The summed E-state index contributed by atoms with van der Waals surface area (Å²) in [5, 5.41) is 20.0. The monoisotopic (exact) mass is 840 g/mol. The van der Waals surface area contributed by atoms with Crippen LogP contribution in [0.1, 0.15) is 68.7 Å². The molecule has 6 heterocycles. The third kappa shape index (κ3) is 8.83. The lowest BCUT2D eigenvalue weighted by molar-refractivity contribution is -0.121. The number of aromatic nitrogens is 5. The smallest absolute Gasteiger partial charge is 0.329 e. The van der Waals surface area contributed by atoms with Gasteiger partial charge >= 0.3 is 6.03 Å². The number of carbonyl (C=O) groups excluding carboxylic acids is 2. The number of nitrogens with zero attached hydrogens (tertiary/aromatic N) is 9. The van der Waals surface area contributed by atoms with E-state index in [0.29, 0.717) is 52.7 Å². The van der Waals surface area contributed by atoms with Gasteiger partial charge in [-0.15, -0.1) is 6.58 Å². The van der Waals surface area contributed by atoms with Crippen LogP contribution >= 0.6 is 0 Å². The molecule has 0 radical (unpaired) electrons. The van der Waals surface area contributed by atoms with Crippen molar-refractivity contribution in [1.82, 2.24) is 39.4 Å². The van der Waals surface area contributed by atoms with Gasteiger partial charge < -0.3 is 25.5 Å². The van der Waals surface area contributed by atoms with Crippen LogP contribution < -0.4 is 26.4 Å². The highest BCUT2D eigenvalue weighted by Gasteiger charge is 2.30. The number of piperidine rings is 2. The average Bonchev–Trinajstić information content (AvgIpc) is 3.55. The third-order valence-electron chi connectivity index (χ3n) is 12.3. The third-order valence-corrected chi connectivity index (χ3v) is 12.3. The number of anilines is 4. The van der Waals surface area contributed by atoms with Gasteiger partial charge in [0, 0.05) is 75.5 Å². The predicted molar refractivity (Wildman–Crippen MR) is 243 cm³/mol. The number of nitrogens with one attached hydrogen (secondary N) is 3. The van der Waals surface area contributed by atoms with Crippen molar-refractivity contribution in [3.63, 3.8) is 0 Å². The molecule has 5 aromatic rings. The summed E-state index contributed by atoms with van der Waals surface area (Å²) in [6, 6.07) is 19.7. The molecule has 16 nitrogen and oxygen atoms in total. The fourth-order valence-electron chi connectivity index (χ4n) is 8.93. The average molecular weight is 841 g/mol. The number of aliphatic hydroxyl groups is 1. The van der Waals surface area contributed by atoms with E-state index in [2.05, 4.69) is 83.7 Å². The number of amides is 3. The highest BCUT2D eigenvalue weighted by atomic mass is 16.3. The predicted octanol–water partition coefficient (Wildman–Crippen LogP) is 5.59. The molecule has 2 aromatic carbocycles. The first kappa shape index (κ1) is 42.3. The molecule has 0 unspecified atom stereocenters. The summed E-state index contributed by atoms with van der Waals surface area (Å²) in [7, 11) is 3.55. The Labute approximate surface area is 361 Å². The van der Waals surface area contributed by atoms with E-state index < -0.39 is 11.6 Å². The Morgan fingerprint density at radius 3 is 2.42 bits per heavy atom. The summed E-state index contributed by atoms with van der Waals surface area (Å²) in [6.45, 7) is 13.0. The van der Waals surface area contributed by atoms with Crippen LogP contribution in [-0.2, 0) is 16.9 Å². The highest BCUT2D eigenvalue weighted by molar-refractivity contribution is 6.14. The molecule has 4 N–H and O–H groups in total. The van der Waals surface area contributed by atoms with E-state index in [1.54, 1.807) is 49.9 Å². The van der Waals surface area contributed by atoms with E-state index in [4.69, 9.17) is 4.98 Å². The zero-order chi connectivity index (χ0) is 43.5. The number of allylic oxidation sites excluding steroid dienone is 1. The lowest BCUT2D eigenvalue weighted by Crippen LogP contribution is -2.52. The van der Waals surface area contributed by atoms with Gasteiger partial charge in [-0.25, -0.2) is 24.1 Å². The van der Waals surface area contributed by atoms with Gasteiger partial charge in [-0.3, -0.25) is 24.8 Å². The Kier molecular flexibility index (Phi) is 12.2. The van der Waals surface area contributed by atoms with Crippen LogP contribution in [0.5, 0.6) is 0 Å². The number of hydrogen-bond acceptors (Lipinski definition) is 12. The van der Waals surface area contributed by atoms with Gasteiger partial charge in [-0.2, -0.15) is 4.98 Å². The topological polar surface area (TPSA) is 178 Å². The fraction of sp³-hybridized carbons (Fsp3) is 0.413. The van der Waals surface area contributed by atoms with Gasteiger partial charge in [-0.1, -0.05) is 24.3 Å². The van der Waals surface area contributed by atoms with Gasteiger partial charge in [0.05, 0.1) is 12.2 Å². The zero-order valence-corrected chi connectivity index (χ0v) is 36.0. The Morgan fingerprint density at radius 1 is 0.984 bits per heavy atom. The standard InChI is InChI=1S/C46H56N12O4/c1-6-21-57-43(60)36-28-49-44(53-42(36)58(57)39-9-7-8-38(51-39)46(2,3)62)50-33-12-10-31(11-13-33)32-18-22-54(23-19-32)29-30-16-24-55(25-17-30)34-14-15-35(37(27-34)47-4)41(48-5)56-26-20-40(59)52-45(56)61/h6-15,27-28,30,32,47,62H,1,16-26,29H2,2-5H3,(H,49,50,53)(H,52,59,61)/b48-41+. The zero-order valence-electron chi connectivity index (χ0n) is 36.0. The molecular weight excluding hydrogens is 785 g/mol.